The minimum Gasteiger partial charge on any atom is -0.354 e. The third-order valence-electron chi connectivity index (χ3n) is 3.82. The predicted molar refractivity (Wildman–Crippen MR) is 87.1 cm³/mol. The van der Waals surface area contributed by atoms with Crippen LogP contribution in [-0.4, -0.2) is 33.1 Å². The Kier molecular flexibility index (Phi) is 15.2. The number of unbranched alkanes of at least 4 members (excludes halogenated alkanes) is 7. The second-order valence-corrected chi connectivity index (χ2v) is 5.66. The van der Waals surface area contributed by atoms with Crippen LogP contribution in [0.4, 0.5) is 0 Å². The van der Waals surface area contributed by atoms with E-state index in [1.54, 1.807) is 14.2 Å². The summed E-state index contributed by atoms with van der Waals surface area (Å²) in [4.78, 5) is 0. The first-order valence-electron chi connectivity index (χ1n) is 8.59. The summed E-state index contributed by atoms with van der Waals surface area (Å²) in [6.07, 6.45) is 13.1. The van der Waals surface area contributed by atoms with Gasteiger partial charge in [-0.15, -0.1) is 0 Å². The fourth-order valence-corrected chi connectivity index (χ4v) is 2.59. The molecule has 0 rings (SSSR count). The molecule has 1 N–H and O–H groups in total. The Bertz CT molecular complexity index is 184. The number of hydrogen-bond acceptors (Lipinski definition) is 3. The molecule has 0 aromatic heterocycles. The van der Waals surface area contributed by atoms with E-state index in [1.165, 1.54) is 51.4 Å². The summed E-state index contributed by atoms with van der Waals surface area (Å²) in [5.41, 5.74) is 0. The van der Waals surface area contributed by atoms with Gasteiger partial charge in [0.15, 0.2) is 6.29 Å². The van der Waals surface area contributed by atoms with E-state index in [9.17, 15) is 0 Å². The molecular formula is C17H37NO2. The monoisotopic (exact) mass is 287 g/mol. The van der Waals surface area contributed by atoms with Crippen LogP contribution in [0, 0.1) is 0 Å². The molecule has 3 heteroatoms. The normalized spacial score (nSPS) is 13.1. The molecule has 0 spiro atoms. The van der Waals surface area contributed by atoms with Crippen LogP contribution in [0.2, 0.25) is 0 Å². The van der Waals surface area contributed by atoms with Crippen molar-refractivity contribution in [2.24, 2.45) is 0 Å². The highest BCUT2D eigenvalue weighted by Crippen LogP contribution is 2.13. The molecule has 0 aromatic carbocycles. The molecule has 3 nitrogen and oxygen atoms in total. The minimum atomic E-state index is -0.119. The highest BCUT2D eigenvalue weighted by Gasteiger charge is 2.19. The zero-order valence-electron chi connectivity index (χ0n) is 14.2. The lowest BCUT2D eigenvalue weighted by Crippen LogP contribution is -2.42. The van der Waals surface area contributed by atoms with Gasteiger partial charge in [0.05, 0.1) is 6.04 Å². The molecule has 0 heterocycles. The van der Waals surface area contributed by atoms with Crippen molar-refractivity contribution >= 4 is 0 Å². The molecule has 1 unspecified atom stereocenters. The summed E-state index contributed by atoms with van der Waals surface area (Å²) in [5, 5.41) is 3.54. The van der Waals surface area contributed by atoms with E-state index in [-0.39, 0.29) is 6.29 Å². The SMILES string of the molecule is CCCCCCCCCCC(NCCC)C(OC)OC. The van der Waals surface area contributed by atoms with E-state index in [2.05, 4.69) is 19.2 Å². The Morgan fingerprint density at radius 3 is 1.80 bits per heavy atom. The quantitative estimate of drug-likeness (QED) is 0.355. The molecule has 0 saturated heterocycles. The van der Waals surface area contributed by atoms with Crippen molar-refractivity contribution in [3.05, 3.63) is 0 Å². The van der Waals surface area contributed by atoms with Crippen molar-refractivity contribution < 1.29 is 9.47 Å². The van der Waals surface area contributed by atoms with Crippen LogP contribution in [-0.2, 0) is 9.47 Å². The third kappa shape index (κ3) is 10.6. The van der Waals surface area contributed by atoms with Gasteiger partial charge in [0.1, 0.15) is 0 Å². The summed E-state index contributed by atoms with van der Waals surface area (Å²) in [5.74, 6) is 0. The lowest BCUT2D eigenvalue weighted by molar-refractivity contribution is -0.124. The zero-order valence-corrected chi connectivity index (χ0v) is 14.2. The maximum absolute atomic E-state index is 5.40. The predicted octanol–water partition coefficient (Wildman–Crippen LogP) is 4.50. The smallest absolute Gasteiger partial charge is 0.171 e. The first kappa shape index (κ1) is 19.9. The fraction of sp³-hybridized carbons (Fsp3) is 1.00. The second-order valence-electron chi connectivity index (χ2n) is 5.66. The van der Waals surface area contributed by atoms with Gasteiger partial charge >= 0.3 is 0 Å². The second kappa shape index (κ2) is 15.3. The highest BCUT2D eigenvalue weighted by atomic mass is 16.7. The lowest BCUT2D eigenvalue weighted by atomic mass is 10.0. The molecule has 0 fully saturated rings. The minimum absolute atomic E-state index is 0.119. The van der Waals surface area contributed by atoms with E-state index < -0.39 is 0 Å². The lowest BCUT2D eigenvalue weighted by Gasteiger charge is -2.25. The third-order valence-corrected chi connectivity index (χ3v) is 3.82. The molecular weight excluding hydrogens is 250 g/mol. The summed E-state index contributed by atoms with van der Waals surface area (Å²) in [7, 11) is 3.45. The van der Waals surface area contributed by atoms with Crippen molar-refractivity contribution in [1.82, 2.24) is 5.32 Å². The zero-order chi connectivity index (χ0) is 15.1. The maximum Gasteiger partial charge on any atom is 0.171 e. The molecule has 0 aliphatic heterocycles. The van der Waals surface area contributed by atoms with Crippen molar-refractivity contribution in [3.63, 3.8) is 0 Å². The Balaban J connectivity index is 3.67. The molecule has 0 amide bonds. The molecule has 122 valence electrons. The first-order valence-corrected chi connectivity index (χ1v) is 8.59. The van der Waals surface area contributed by atoms with E-state index in [0.717, 1.165) is 19.4 Å². The van der Waals surface area contributed by atoms with Crippen LogP contribution in [0.3, 0.4) is 0 Å². The van der Waals surface area contributed by atoms with E-state index >= 15 is 0 Å². The van der Waals surface area contributed by atoms with Gasteiger partial charge in [-0.05, 0) is 19.4 Å². The standard InChI is InChI=1S/C17H37NO2/c1-5-7-8-9-10-11-12-13-14-16(18-15-6-2)17(19-3)20-4/h16-18H,5-15H2,1-4H3. The maximum atomic E-state index is 5.40. The average molecular weight is 287 g/mol. The summed E-state index contributed by atoms with van der Waals surface area (Å²) in [6.45, 7) is 5.49. The largest absolute Gasteiger partial charge is 0.354 e. The molecule has 0 aliphatic carbocycles. The van der Waals surface area contributed by atoms with Crippen molar-refractivity contribution in [1.29, 1.82) is 0 Å². The number of methoxy groups -OCH3 is 2. The van der Waals surface area contributed by atoms with E-state index in [0.29, 0.717) is 6.04 Å². The molecule has 0 aliphatic rings. The Labute approximate surface area is 126 Å². The highest BCUT2D eigenvalue weighted by molar-refractivity contribution is 4.70. The van der Waals surface area contributed by atoms with Crippen LogP contribution < -0.4 is 5.32 Å². The van der Waals surface area contributed by atoms with Crippen LogP contribution in [0.1, 0.15) is 78.1 Å². The van der Waals surface area contributed by atoms with Crippen LogP contribution >= 0.6 is 0 Å². The van der Waals surface area contributed by atoms with Crippen molar-refractivity contribution in [3.8, 4) is 0 Å². The topological polar surface area (TPSA) is 30.5 Å². The fourth-order valence-electron chi connectivity index (χ4n) is 2.59. The van der Waals surface area contributed by atoms with Gasteiger partial charge in [-0.1, -0.05) is 65.2 Å². The van der Waals surface area contributed by atoms with Gasteiger partial charge < -0.3 is 14.8 Å². The van der Waals surface area contributed by atoms with Gasteiger partial charge in [0, 0.05) is 14.2 Å². The van der Waals surface area contributed by atoms with E-state index in [1.807, 2.05) is 0 Å². The summed E-state index contributed by atoms with van der Waals surface area (Å²) >= 11 is 0. The van der Waals surface area contributed by atoms with Gasteiger partial charge in [-0.25, -0.2) is 0 Å². The van der Waals surface area contributed by atoms with Gasteiger partial charge in [-0.2, -0.15) is 0 Å². The molecule has 20 heavy (non-hydrogen) atoms. The Morgan fingerprint density at radius 2 is 1.30 bits per heavy atom. The molecule has 0 saturated carbocycles. The molecule has 0 radical (unpaired) electrons. The number of nitrogens with one attached hydrogen (secondary N) is 1. The van der Waals surface area contributed by atoms with Crippen LogP contribution in [0.5, 0.6) is 0 Å². The Hall–Kier alpha value is -0.120. The Morgan fingerprint density at radius 1 is 0.750 bits per heavy atom. The number of ether oxygens (including phenoxy) is 2. The summed E-state index contributed by atoms with van der Waals surface area (Å²) in [6, 6.07) is 0.324. The van der Waals surface area contributed by atoms with Gasteiger partial charge in [0.2, 0.25) is 0 Å². The van der Waals surface area contributed by atoms with Gasteiger partial charge in [0.25, 0.3) is 0 Å². The average Bonchev–Trinajstić information content (AvgIpc) is 2.47. The van der Waals surface area contributed by atoms with Crippen molar-refractivity contribution in [2.75, 3.05) is 20.8 Å². The van der Waals surface area contributed by atoms with Crippen LogP contribution in [0.25, 0.3) is 0 Å². The van der Waals surface area contributed by atoms with Gasteiger partial charge in [-0.3, -0.25) is 0 Å². The molecule has 0 aromatic rings. The summed E-state index contributed by atoms with van der Waals surface area (Å²) < 4.78 is 10.8. The van der Waals surface area contributed by atoms with Crippen LogP contribution in [0.15, 0.2) is 0 Å². The first-order chi connectivity index (χ1) is 9.79. The molecule has 1 atom stereocenters. The van der Waals surface area contributed by atoms with E-state index in [4.69, 9.17) is 9.47 Å². The number of rotatable bonds is 15. The number of hydrogen-bond donors (Lipinski definition) is 1. The molecule has 0 bridgehead atoms. The van der Waals surface area contributed by atoms with Crippen molar-refractivity contribution in [2.45, 2.75) is 90.4 Å².